The zero-order valence-electron chi connectivity index (χ0n) is 10.4. The molecule has 1 aromatic carbocycles. The van der Waals surface area contributed by atoms with E-state index < -0.39 is 0 Å². The van der Waals surface area contributed by atoms with E-state index in [2.05, 4.69) is 6.92 Å². The lowest BCUT2D eigenvalue weighted by Crippen LogP contribution is -2.25. The van der Waals surface area contributed by atoms with Crippen molar-refractivity contribution in [2.75, 3.05) is 0 Å². The van der Waals surface area contributed by atoms with E-state index in [1.54, 1.807) is 6.07 Å². The molecule has 1 saturated carbocycles. The van der Waals surface area contributed by atoms with Crippen LogP contribution in [0.15, 0.2) is 24.3 Å². The van der Waals surface area contributed by atoms with Crippen LogP contribution in [0.2, 0.25) is 0 Å². The van der Waals surface area contributed by atoms with Gasteiger partial charge in [-0.25, -0.2) is 0 Å². The van der Waals surface area contributed by atoms with Crippen LogP contribution in [0.1, 0.15) is 49.4 Å². The molecule has 1 aliphatic rings. The molecule has 2 nitrogen and oxygen atoms in total. The molecule has 0 saturated heterocycles. The minimum absolute atomic E-state index is 0.247. The van der Waals surface area contributed by atoms with Gasteiger partial charge in [-0.15, -0.1) is 0 Å². The van der Waals surface area contributed by atoms with Crippen molar-refractivity contribution in [3.63, 3.8) is 0 Å². The predicted octanol–water partition coefficient (Wildman–Crippen LogP) is 3.85. The van der Waals surface area contributed by atoms with Crippen molar-refractivity contribution in [3.8, 4) is 5.75 Å². The van der Waals surface area contributed by atoms with Crippen LogP contribution < -0.4 is 4.74 Å². The van der Waals surface area contributed by atoms with Crippen molar-refractivity contribution in [1.29, 1.82) is 0 Å². The Balaban J connectivity index is 1.96. The van der Waals surface area contributed by atoms with E-state index in [1.165, 1.54) is 32.1 Å². The molecule has 0 bridgehead atoms. The van der Waals surface area contributed by atoms with E-state index in [-0.39, 0.29) is 6.10 Å². The van der Waals surface area contributed by atoms with Gasteiger partial charge >= 0.3 is 0 Å². The summed E-state index contributed by atoms with van der Waals surface area (Å²) in [5.41, 5.74) is 0.679. The second kappa shape index (κ2) is 5.85. The predicted molar refractivity (Wildman–Crippen MR) is 68.5 cm³/mol. The molecule has 17 heavy (non-hydrogen) atoms. The molecule has 1 unspecified atom stereocenters. The maximum atomic E-state index is 10.7. The van der Waals surface area contributed by atoms with Crippen LogP contribution in [-0.2, 0) is 0 Å². The van der Waals surface area contributed by atoms with Gasteiger partial charge in [-0.2, -0.15) is 0 Å². The lowest BCUT2D eigenvalue weighted by atomic mass is 9.86. The molecule has 1 atom stereocenters. The Kier molecular flexibility index (Phi) is 4.18. The summed E-state index contributed by atoms with van der Waals surface area (Å²) >= 11 is 0. The third-order valence-corrected chi connectivity index (χ3v) is 3.63. The minimum atomic E-state index is 0.247. The average Bonchev–Trinajstić information content (AvgIpc) is 2.40. The van der Waals surface area contributed by atoms with E-state index in [4.69, 9.17) is 4.74 Å². The Morgan fingerprint density at radius 1 is 1.29 bits per heavy atom. The number of carbonyl (C=O) groups is 1. The Hall–Kier alpha value is -1.31. The van der Waals surface area contributed by atoms with E-state index >= 15 is 0 Å². The summed E-state index contributed by atoms with van der Waals surface area (Å²) in [5.74, 6) is 1.48. The zero-order valence-corrected chi connectivity index (χ0v) is 10.4. The number of rotatable bonds is 4. The second-order valence-electron chi connectivity index (χ2n) is 4.91. The SMILES string of the molecule is CC(Oc1cccc(C=O)c1)C1CCCCC1. The van der Waals surface area contributed by atoms with E-state index in [0.717, 1.165) is 12.0 Å². The van der Waals surface area contributed by atoms with Crippen LogP contribution in [0, 0.1) is 5.92 Å². The third kappa shape index (κ3) is 3.32. The molecule has 0 radical (unpaired) electrons. The van der Waals surface area contributed by atoms with Crippen LogP contribution in [0.25, 0.3) is 0 Å². The summed E-state index contributed by atoms with van der Waals surface area (Å²) in [4.78, 5) is 10.7. The van der Waals surface area contributed by atoms with Crippen molar-refractivity contribution >= 4 is 6.29 Å². The first-order valence-corrected chi connectivity index (χ1v) is 6.51. The topological polar surface area (TPSA) is 26.3 Å². The fourth-order valence-corrected chi connectivity index (χ4v) is 2.58. The third-order valence-electron chi connectivity index (χ3n) is 3.63. The number of hydrogen-bond donors (Lipinski definition) is 0. The molecule has 0 heterocycles. The monoisotopic (exact) mass is 232 g/mol. The summed E-state index contributed by atoms with van der Waals surface area (Å²) in [5, 5.41) is 0. The molecule has 0 spiro atoms. The molecule has 0 amide bonds. The summed E-state index contributed by atoms with van der Waals surface area (Å²) in [7, 11) is 0. The van der Waals surface area contributed by atoms with Gasteiger partial charge in [0.15, 0.2) is 0 Å². The van der Waals surface area contributed by atoms with Gasteiger partial charge < -0.3 is 4.74 Å². The van der Waals surface area contributed by atoms with Gasteiger partial charge in [-0.3, -0.25) is 4.79 Å². The fraction of sp³-hybridized carbons (Fsp3) is 0.533. The zero-order chi connectivity index (χ0) is 12.1. The summed E-state index contributed by atoms with van der Waals surface area (Å²) in [6.07, 6.45) is 7.67. The molecule has 0 aromatic heterocycles. The Morgan fingerprint density at radius 2 is 2.06 bits per heavy atom. The van der Waals surface area contributed by atoms with Crippen molar-refractivity contribution in [3.05, 3.63) is 29.8 Å². The maximum absolute atomic E-state index is 10.7. The molecule has 0 N–H and O–H groups in total. The number of ether oxygens (including phenoxy) is 1. The van der Waals surface area contributed by atoms with Crippen molar-refractivity contribution < 1.29 is 9.53 Å². The van der Waals surface area contributed by atoms with Crippen LogP contribution in [0.4, 0.5) is 0 Å². The highest BCUT2D eigenvalue weighted by Crippen LogP contribution is 2.28. The van der Waals surface area contributed by atoms with Crippen LogP contribution in [-0.4, -0.2) is 12.4 Å². The standard InChI is InChI=1S/C15H20O2/c1-12(14-7-3-2-4-8-14)17-15-9-5-6-13(10-15)11-16/h5-6,9-12,14H,2-4,7-8H2,1H3. The van der Waals surface area contributed by atoms with Gasteiger partial charge in [-0.1, -0.05) is 31.4 Å². The number of benzene rings is 1. The highest BCUT2D eigenvalue weighted by Gasteiger charge is 2.21. The molecule has 1 aromatic rings. The summed E-state index contributed by atoms with van der Waals surface area (Å²) in [6, 6.07) is 7.40. The van der Waals surface area contributed by atoms with Crippen LogP contribution in [0.3, 0.4) is 0 Å². The number of aldehydes is 1. The van der Waals surface area contributed by atoms with Gasteiger partial charge in [0, 0.05) is 5.56 Å². The van der Waals surface area contributed by atoms with Gasteiger partial charge in [-0.05, 0) is 37.8 Å². The molecule has 2 heteroatoms. The number of hydrogen-bond acceptors (Lipinski definition) is 2. The van der Waals surface area contributed by atoms with Crippen molar-refractivity contribution in [1.82, 2.24) is 0 Å². The lowest BCUT2D eigenvalue weighted by molar-refractivity contribution is 0.111. The average molecular weight is 232 g/mol. The van der Waals surface area contributed by atoms with Crippen LogP contribution >= 0.6 is 0 Å². The van der Waals surface area contributed by atoms with E-state index in [0.29, 0.717) is 11.5 Å². The normalized spacial score (nSPS) is 18.6. The molecule has 92 valence electrons. The summed E-state index contributed by atoms with van der Waals surface area (Å²) < 4.78 is 5.94. The first-order valence-electron chi connectivity index (χ1n) is 6.51. The molecule has 1 aliphatic carbocycles. The maximum Gasteiger partial charge on any atom is 0.150 e. The van der Waals surface area contributed by atoms with Crippen molar-refractivity contribution in [2.24, 2.45) is 5.92 Å². The van der Waals surface area contributed by atoms with Crippen LogP contribution in [0.5, 0.6) is 5.75 Å². The molecule has 2 rings (SSSR count). The highest BCUT2D eigenvalue weighted by atomic mass is 16.5. The Morgan fingerprint density at radius 3 is 2.76 bits per heavy atom. The van der Waals surface area contributed by atoms with Gasteiger partial charge in [0.2, 0.25) is 0 Å². The molecular formula is C15H20O2. The lowest BCUT2D eigenvalue weighted by Gasteiger charge is -2.28. The van der Waals surface area contributed by atoms with Gasteiger partial charge in [0.25, 0.3) is 0 Å². The highest BCUT2D eigenvalue weighted by molar-refractivity contribution is 5.75. The second-order valence-corrected chi connectivity index (χ2v) is 4.91. The van der Waals surface area contributed by atoms with Gasteiger partial charge in [0.05, 0.1) is 6.10 Å². The smallest absolute Gasteiger partial charge is 0.150 e. The summed E-state index contributed by atoms with van der Waals surface area (Å²) in [6.45, 7) is 2.14. The Labute approximate surface area is 103 Å². The largest absolute Gasteiger partial charge is 0.490 e. The molecule has 1 fully saturated rings. The quantitative estimate of drug-likeness (QED) is 0.737. The van der Waals surface area contributed by atoms with Gasteiger partial charge in [0.1, 0.15) is 12.0 Å². The minimum Gasteiger partial charge on any atom is -0.490 e. The Bertz CT molecular complexity index is 367. The van der Waals surface area contributed by atoms with Crippen molar-refractivity contribution in [2.45, 2.75) is 45.1 Å². The molecule has 0 aliphatic heterocycles. The first kappa shape index (κ1) is 12.2. The van der Waals surface area contributed by atoms with E-state index in [1.807, 2.05) is 18.2 Å². The fourth-order valence-electron chi connectivity index (χ4n) is 2.58. The first-order chi connectivity index (χ1) is 8.29. The number of carbonyl (C=O) groups excluding carboxylic acids is 1. The molecular weight excluding hydrogens is 212 g/mol. The van der Waals surface area contributed by atoms with E-state index in [9.17, 15) is 4.79 Å².